The van der Waals surface area contributed by atoms with Gasteiger partial charge in [0.25, 0.3) is 0 Å². The zero-order valence-corrected chi connectivity index (χ0v) is 82.3. The van der Waals surface area contributed by atoms with Crippen molar-refractivity contribution in [1.82, 2.24) is 49.8 Å². The Kier molecular flexibility index (Phi) is 19.9. The number of benzene rings is 19. The molecule has 7 aromatic heterocycles. The summed E-state index contributed by atoms with van der Waals surface area (Å²) in [6.07, 6.45) is 2.70. The van der Waals surface area contributed by atoms with E-state index in [1.54, 1.807) is 6.20 Å². The van der Waals surface area contributed by atoms with Crippen LogP contribution in [0.15, 0.2) is 474 Å². The summed E-state index contributed by atoms with van der Waals surface area (Å²) in [5, 5.41) is 6.78. The lowest BCUT2D eigenvalue weighted by Crippen LogP contribution is -2.28. The summed E-state index contributed by atoms with van der Waals surface area (Å²) < 4.78 is 20.3. The molecular weight excluding hydrogens is 1830 g/mol. The fourth-order valence-electron chi connectivity index (χ4n) is 24.9. The zero-order chi connectivity index (χ0) is 99.7. The summed E-state index contributed by atoms with van der Waals surface area (Å²) >= 11 is 0. The number of fused-ring (bicyclic) bond motifs is 31. The third kappa shape index (κ3) is 13.3. The van der Waals surface area contributed by atoms with Crippen LogP contribution >= 0.6 is 0 Å². The van der Waals surface area contributed by atoms with Crippen LogP contribution in [0.5, 0.6) is 0 Å². The van der Waals surface area contributed by atoms with Crippen LogP contribution in [0, 0.1) is 0 Å². The highest BCUT2D eigenvalue weighted by atomic mass is 16.3. The second-order valence-electron chi connectivity index (χ2n) is 40.2. The van der Waals surface area contributed by atoms with Crippen LogP contribution < -0.4 is 0 Å². The van der Waals surface area contributed by atoms with Crippen molar-refractivity contribution in [2.24, 2.45) is 0 Å². The van der Waals surface area contributed by atoms with E-state index < -0.39 is 10.8 Å². The highest BCUT2D eigenvalue weighted by Crippen LogP contribution is 2.67. The minimum Gasteiger partial charge on any atom is -0.456 e. The second kappa shape index (κ2) is 34.2. The molecule has 0 bridgehead atoms. The van der Waals surface area contributed by atoms with Gasteiger partial charge in [0.15, 0.2) is 52.4 Å². The van der Waals surface area contributed by atoms with Gasteiger partial charge in [-0.25, -0.2) is 44.9 Å². The molecule has 7 heterocycles. The maximum atomic E-state index is 6.92. The van der Waals surface area contributed by atoms with Gasteiger partial charge in [-0.3, -0.25) is 4.98 Å². The standard InChI is InChI=1S/C55H35N3O.C45H28N4O.C37H27N3O/c1-54(2)43-20-10-6-16-35(43)38-26-24-33(30-46(38)54)52-56-51(32-14-4-3-5-15-32)57-53(58-52)34-25-27-39-41-28-29-42-40-19-9-13-23-48(40)59-50(42)49(41)55(47(39)31-34)44-21-11-7-17-36(44)37-18-8-12-22-45(37)55;1-4-14-29(15-5-1)42-47-43(49-44(48-42)38-21-12-13-27-46-38)30-23-24-33-35-25-26-36-34-20-10-11-22-39(34)50-41(36)40(35)45(37(33)28-30,31-16-6-2-7-17-31)32-18-8-3-9-19-32;1-3-37(2)29-19-12-18-28(31(29)27-22-21-26-25-17-10-11-20-30(25)41-33(26)32(27)37)36-39-34(23-13-6-4-7-14-23)38-35(40-36)24-15-8-5-9-16-24/h3-31H,1-2H3;1-28H;4-22H,3H2,1-2H3. The number of pyridine rings is 1. The smallest absolute Gasteiger partial charge is 0.182 e. The lowest BCUT2D eigenvalue weighted by molar-refractivity contribution is 0.553. The van der Waals surface area contributed by atoms with Crippen molar-refractivity contribution in [3.8, 4) is 158 Å². The van der Waals surface area contributed by atoms with Gasteiger partial charge in [0.1, 0.15) is 39.2 Å². The van der Waals surface area contributed by atoms with Crippen LogP contribution in [0.2, 0.25) is 0 Å². The molecule has 1 spiro atoms. The van der Waals surface area contributed by atoms with E-state index in [0.29, 0.717) is 58.1 Å². The molecule has 0 fully saturated rings. The monoisotopic (exact) mass is 1920 g/mol. The first-order valence-electron chi connectivity index (χ1n) is 51.2. The first-order valence-corrected chi connectivity index (χ1v) is 51.2. The topological polar surface area (TPSA) is 168 Å². The number of furan rings is 3. The summed E-state index contributed by atoms with van der Waals surface area (Å²) in [5.41, 5.74) is 38.9. The number of nitrogens with zero attached hydrogens (tertiary/aromatic N) is 10. The van der Waals surface area contributed by atoms with E-state index >= 15 is 0 Å². The Labute approximate surface area is 864 Å². The quantitative estimate of drug-likeness (QED) is 0.113. The molecule has 19 aromatic carbocycles. The predicted octanol–water partition coefficient (Wildman–Crippen LogP) is 33.4. The molecule has 0 amide bonds. The lowest BCUT2D eigenvalue weighted by Gasteiger charge is -2.34. The van der Waals surface area contributed by atoms with Gasteiger partial charge in [0, 0.05) is 111 Å². The van der Waals surface area contributed by atoms with E-state index in [1.165, 1.54) is 89.0 Å². The van der Waals surface area contributed by atoms with Crippen LogP contribution in [0.1, 0.15) is 101 Å². The average Bonchev–Trinajstić information content (AvgIpc) is 1.91. The second-order valence-corrected chi connectivity index (χ2v) is 40.2. The van der Waals surface area contributed by atoms with Crippen LogP contribution in [-0.2, 0) is 21.7 Å². The van der Waals surface area contributed by atoms with Crippen LogP contribution in [0.4, 0.5) is 0 Å². The van der Waals surface area contributed by atoms with Gasteiger partial charge >= 0.3 is 0 Å². The highest BCUT2D eigenvalue weighted by Gasteiger charge is 2.55. The molecule has 0 saturated carbocycles. The molecule has 0 N–H and O–H groups in total. The molecule has 0 saturated heterocycles. The Morgan fingerprint density at radius 3 is 0.953 bits per heavy atom. The van der Waals surface area contributed by atoms with Gasteiger partial charge in [-0.1, -0.05) is 416 Å². The van der Waals surface area contributed by atoms with E-state index in [1.807, 2.05) is 140 Å². The number of para-hydroxylation sites is 3. The summed E-state index contributed by atoms with van der Waals surface area (Å²) in [5.74, 6) is 5.65. The molecule has 0 radical (unpaired) electrons. The van der Waals surface area contributed by atoms with E-state index in [2.05, 4.69) is 348 Å². The van der Waals surface area contributed by atoms with E-state index in [4.69, 9.17) is 58.1 Å². The van der Waals surface area contributed by atoms with Crippen LogP contribution in [0.3, 0.4) is 0 Å². The minimum absolute atomic E-state index is 0.150. The van der Waals surface area contributed by atoms with Crippen molar-refractivity contribution < 1.29 is 13.3 Å². The third-order valence-corrected chi connectivity index (χ3v) is 31.9. The largest absolute Gasteiger partial charge is 0.456 e. The molecule has 706 valence electrons. The van der Waals surface area contributed by atoms with Gasteiger partial charge in [-0.15, -0.1) is 0 Å². The highest BCUT2D eigenvalue weighted by molar-refractivity contribution is 6.14. The molecule has 31 rings (SSSR count). The Morgan fingerprint density at radius 1 is 0.207 bits per heavy atom. The van der Waals surface area contributed by atoms with E-state index in [9.17, 15) is 0 Å². The van der Waals surface area contributed by atoms with Gasteiger partial charge in [0.2, 0.25) is 0 Å². The fraction of sp³-hybridized carbons (Fsp3) is 0.0657. The van der Waals surface area contributed by atoms with Gasteiger partial charge in [0.05, 0.1) is 10.8 Å². The predicted molar refractivity (Wildman–Crippen MR) is 601 cm³/mol. The molecule has 1 unspecified atom stereocenters. The van der Waals surface area contributed by atoms with Crippen molar-refractivity contribution in [3.05, 3.63) is 528 Å². The van der Waals surface area contributed by atoms with E-state index in [-0.39, 0.29) is 10.8 Å². The SMILES string of the molecule is CC1(C)c2ccccc2-c2ccc(-c3nc(-c4ccccc4)nc(-c4ccc5c(c4)C4(c6ccccc6-c6ccccc64)c4c-5ccc5c4oc4ccccc45)n3)cc21.CCC1(C)c2cccc(-c3nc(-c4ccccc4)nc(-c4ccccc4)n3)c2-c2ccc3c(oc4ccccc43)c21.c1ccc(-c2nc(-c3ccc4c(c3)C(c3ccccc3)(c3ccccc3)c3c-4ccc4c3oc3ccccc34)nc(-c3ccccn3)n2)cc1. The molecule has 1 atom stereocenters. The molecular formula is C137H90N10O3. The van der Waals surface area contributed by atoms with Crippen molar-refractivity contribution in [3.63, 3.8) is 0 Å². The number of hydrogen-bond acceptors (Lipinski definition) is 13. The van der Waals surface area contributed by atoms with E-state index in [0.717, 1.165) is 150 Å². The molecule has 13 heteroatoms. The summed E-state index contributed by atoms with van der Waals surface area (Å²) in [6.45, 7) is 9.22. The maximum Gasteiger partial charge on any atom is 0.182 e. The fourth-order valence-corrected chi connectivity index (χ4v) is 24.9. The van der Waals surface area contributed by atoms with Crippen molar-refractivity contribution in [2.75, 3.05) is 0 Å². The van der Waals surface area contributed by atoms with Crippen molar-refractivity contribution >= 4 is 65.8 Å². The molecule has 5 aliphatic carbocycles. The van der Waals surface area contributed by atoms with Gasteiger partial charge in [-0.05, 0) is 179 Å². The lowest BCUT2D eigenvalue weighted by atomic mass is 9.67. The molecule has 150 heavy (non-hydrogen) atoms. The molecule has 26 aromatic rings. The van der Waals surface area contributed by atoms with Crippen LogP contribution in [-0.4, -0.2) is 49.8 Å². The van der Waals surface area contributed by atoms with Gasteiger partial charge in [-0.2, -0.15) is 0 Å². The van der Waals surface area contributed by atoms with Crippen molar-refractivity contribution in [1.29, 1.82) is 0 Å². The Hall–Kier alpha value is -19.2. The average molecular weight is 1920 g/mol. The number of hydrogen-bond donors (Lipinski definition) is 0. The molecule has 0 aliphatic heterocycles. The first-order chi connectivity index (χ1) is 73.9. The zero-order valence-electron chi connectivity index (χ0n) is 82.3. The first kappa shape index (κ1) is 87.4. The molecule has 13 nitrogen and oxygen atoms in total. The van der Waals surface area contributed by atoms with Gasteiger partial charge < -0.3 is 13.3 Å². The Morgan fingerprint density at radius 2 is 0.520 bits per heavy atom. The number of rotatable bonds is 12. The van der Waals surface area contributed by atoms with Crippen molar-refractivity contribution in [2.45, 2.75) is 55.8 Å². The molecule has 5 aliphatic rings. The Balaban J connectivity index is 0.000000107. The summed E-state index contributed by atoms with van der Waals surface area (Å²) in [4.78, 5) is 50.4. The Bertz CT molecular complexity index is 9800. The third-order valence-electron chi connectivity index (χ3n) is 31.9. The summed E-state index contributed by atoms with van der Waals surface area (Å²) in [7, 11) is 0. The number of aromatic nitrogens is 10. The maximum absolute atomic E-state index is 6.92. The normalized spacial score (nSPS) is 14.3. The van der Waals surface area contributed by atoms with Crippen LogP contribution in [0.25, 0.3) is 224 Å². The minimum atomic E-state index is -0.685. The summed E-state index contributed by atoms with van der Waals surface area (Å²) in [6, 6.07) is 160.